The highest BCUT2D eigenvalue weighted by atomic mass is 19.3. The number of aryl methyl sites for hydroxylation is 16. The van der Waals surface area contributed by atoms with Crippen LogP contribution in [-0.4, -0.2) is 5.78 Å². The van der Waals surface area contributed by atoms with Crippen LogP contribution < -0.4 is 0 Å². The zero-order chi connectivity index (χ0) is 56.2. The van der Waals surface area contributed by atoms with Gasteiger partial charge >= 0.3 is 0 Å². The fraction of sp³-hybridized carbons (Fsp3) is 0.397. The molecule has 0 amide bonds. The molecular formula is C68H72F6O. The molecule has 0 fully saturated rings. The number of fused-ring (bicyclic) bond motifs is 8. The van der Waals surface area contributed by atoms with Crippen LogP contribution in [0.3, 0.4) is 0 Å². The quantitative estimate of drug-likeness (QED) is 0.138. The summed E-state index contributed by atoms with van der Waals surface area (Å²) in [5, 5.41) is 6.31. The number of rotatable bonds is 0. The predicted octanol–water partition coefficient (Wildman–Crippen LogP) is 19.7. The van der Waals surface area contributed by atoms with Crippen molar-refractivity contribution in [1.29, 1.82) is 0 Å². The van der Waals surface area contributed by atoms with E-state index in [-0.39, 0.29) is 50.3 Å². The van der Waals surface area contributed by atoms with Crippen LogP contribution in [0.25, 0.3) is 43.1 Å². The maximum absolute atomic E-state index is 17.0. The molecule has 2 aliphatic carbocycles. The van der Waals surface area contributed by atoms with Crippen LogP contribution in [0.4, 0.5) is 26.3 Å². The van der Waals surface area contributed by atoms with Gasteiger partial charge in [0.25, 0.3) is 17.8 Å². The minimum Gasteiger partial charge on any atom is -0.289 e. The van der Waals surface area contributed by atoms with Crippen molar-refractivity contribution in [2.24, 2.45) is 0 Å². The van der Waals surface area contributed by atoms with Crippen molar-refractivity contribution in [2.45, 2.75) is 184 Å². The first kappa shape index (κ1) is 53.9. The van der Waals surface area contributed by atoms with Gasteiger partial charge in [-0.1, -0.05) is 0 Å². The summed E-state index contributed by atoms with van der Waals surface area (Å²) in [4.78, 5) is 14.4. The van der Waals surface area contributed by atoms with Gasteiger partial charge in [-0.3, -0.25) is 4.79 Å². The maximum Gasteiger partial charge on any atom is 0.300 e. The molecule has 8 aromatic carbocycles. The fourth-order valence-electron chi connectivity index (χ4n) is 14.9. The van der Waals surface area contributed by atoms with Gasteiger partial charge in [0.05, 0.1) is 0 Å². The molecule has 0 spiro atoms. The molecule has 0 saturated carbocycles. The number of benzene rings is 8. The molecule has 0 aliphatic heterocycles. The van der Waals surface area contributed by atoms with E-state index in [9.17, 15) is 4.79 Å². The molecule has 0 N–H and O–H groups in total. The van der Waals surface area contributed by atoms with E-state index in [0.29, 0.717) is 43.8 Å². The average Bonchev–Trinajstić information content (AvgIpc) is 3.33. The summed E-state index contributed by atoms with van der Waals surface area (Å²) in [6, 6.07) is 0. The Hall–Kier alpha value is -5.95. The first-order valence-corrected chi connectivity index (χ1v) is 26.3. The van der Waals surface area contributed by atoms with Crippen molar-refractivity contribution < 1.29 is 31.1 Å². The Morgan fingerprint density at radius 3 is 0.493 bits per heavy atom. The van der Waals surface area contributed by atoms with Crippen molar-refractivity contribution >= 4 is 48.9 Å². The fourth-order valence-corrected chi connectivity index (χ4v) is 14.9. The molecule has 0 heterocycles. The first-order valence-electron chi connectivity index (χ1n) is 26.3. The van der Waals surface area contributed by atoms with Crippen LogP contribution in [0.5, 0.6) is 0 Å². The number of hydrogen-bond donors (Lipinski definition) is 0. The minimum atomic E-state index is -3.57. The molecule has 75 heavy (non-hydrogen) atoms. The van der Waals surface area contributed by atoms with E-state index in [1.165, 1.54) is 0 Å². The smallest absolute Gasteiger partial charge is 0.289 e. The highest BCUT2D eigenvalue weighted by Crippen LogP contribution is 2.61. The average molecular weight is 1020 g/mol. The van der Waals surface area contributed by atoms with Gasteiger partial charge in [-0.15, -0.1) is 0 Å². The Morgan fingerprint density at radius 1 is 0.187 bits per heavy atom. The lowest BCUT2D eigenvalue weighted by molar-refractivity contribution is -0.0129. The second kappa shape index (κ2) is 16.8. The standard InChI is InChI=1S/C34H36F4.C34H36F2O/c1-13-14(2)18(6)26-22(10)30-29(21(9)25(26)17(13)5)33(35,36)31-23(11)27-19(7)15(3)16(4)20(8)28(27)24(12)32(31)34(30,37)38;1-13-15(3)19(7)27-23(11)31-29(21(9)25(27)17(13)5)33(37)30-22(10)26-18(6)14(2)16(4)20(8)28(26)24(12)32(30)34(31,35)36/h1-12H3;1-12H3. The lowest BCUT2D eigenvalue weighted by atomic mass is 9.69. The van der Waals surface area contributed by atoms with Crippen molar-refractivity contribution in [3.8, 4) is 0 Å². The van der Waals surface area contributed by atoms with Crippen LogP contribution in [0.1, 0.15) is 183 Å². The third kappa shape index (κ3) is 6.48. The van der Waals surface area contributed by atoms with Gasteiger partial charge < -0.3 is 0 Å². The number of hydrogen-bond acceptors (Lipinski definition) is 1. The van der Waals surface area contributed by atoms with E-state index < -0.39 is 40.0 Å². The van der Waals surface area contributed by atoms with E-state index in [4.69, 9.17) is 0 Å². The molecule has 0 saturated heterocycles. The normalized spacial score (nSPS) is 15.1. The molecular weight excluding hydrogens is 947 g/mol. The lowest BCUT2D eigenvalue weighted by Crippen LogP contribution is -2.37. The van der Waals surface area contributed by atoms with Gasteiger partial charge in [-0.05, 0) is 343 Å². The molecule has 392 valence electrons. The van der Waals surface area contributed by atoms with Crippen LogP contribution in [-0.2, 0) is 17.8 Å². The Labute approximate surface area is 440 Å². The van der Waals surface area contributed by atoms with Crippen LogP contribution in [0.2, 0.25) is 0 Å². The zero-order valence-electron chi connectivity index (χ0n) is 48.7. The van der Waals surface area contributed by atoms with E-state index >= 15 is 26.3 Å². The zero-order valence-corrected chi connectivity index (χ0v) is 48.7. The molecule has 0 bridgehead atoms. The number of ketones is 1. The van der Waals surface area contributed by atoms with E-state index in [2.05, 4.69) is 27.7 Å². The van der Waals surface area contributed by atoms with E-state index in [1.807, 2.05) is 96.9 Å². The summed E-state index contributed by atoms with van der Waals surface area (Å²) in [7, 11) is 0. The number of carbonyl (C=O) groups excluding carboxylic acids is 1. The van der Waals surface area contributed by atoms with Gasteiger partial charge in [-0.25, -0.2) is 0 Å². The summed E-state index contributed by atoms with van der Waals surface area (Å²) in [6.07, 6.45) is 0. The van der Waals surface area contributed by atoms with E-state index in [0.717, 1.165) is 111 Å². The largest absolute Gasteiger partial charge is 0.300 e. The van der Waals surface area contributed by atoms with Crippen molar-refractivity contribution in [2.75, 3.05) is 0 Å². The molecule has 8 aromatic rings. The van der Waals surface area contributed by atoms with E-state index in [1.54, 1.807) is 41.5 Å². The van der Waals surface area contributed by atoms with Gasteiger partial charge in [0.1, 0.15) is 0 Å². The monoisotopic (exact) mass is 1020 g/mol. The lowest BCUT2D eigenvalue weighted by Gasteiger charge is -2.40. The summed E-state index contributed by atoms with van der Waals surface area (Å²) in [5.41, 5.74) is 17.7. The van der Waals surface area contributed by atoms with Crippen LogP contribution >= 0.6 is 0 Å². The Morgan fingerprint density at radius 2 is 0.320 bits per heavy atom. The van der Waals surface area contributed by atoms with Crippen molar-refractivity contribution in [3.05, 3.63) is 178 Å². The summed E-state index contributed by atoms with van der Waals surface area (Å²) in [5.74, 6) is -10.7. The van der Waals surface area contributed by atoms with Gasteiger partial charge in [0.2, 0.25) is 0 Å². The Kier molecular flexibility index (Phi) is 12.0. The number of alkyl halides is 6. The molecule has 0 aromatic heterocycles. The topological polar surface area (TPSA) is 17.1 Å². The van der Waals surface area contributed by atoms with Crippen molar-refractivity contribution in [1.82, 2.24) is 0 Å². The van der Waals surface area contributed by atoms with Crippen molar-refractivity contribution in [3.63, 3.8) is 0 Å². The second-order valence-electron chi connectivity index (χ2n) is 23.1. The van der Waals surface area contributed by atoms with Crippen LogP contribution in [0, 0.1) is 166 Å². The number of halogens is 6. The molecule has 0 radical (unpaired) electrons. The number of carbonyl (C=O) groups is 1. The molecule has 10 rings (SSSR count). The maximum atomic E-state index is 17.0. The summed E-state index contributed by atoms with van der Waals surface area (Å²) in [6.45, 7) is 45.6. The van der Waals surface area contributed by atoms with Gasteiger partial charge in [-0.2, -0.15) is 26.3 Å². The van der Waals surface area contributed by atoms with Gasteiger partial charge in [0.15, 0.2) is 5.78 Å². The SMILES string of the molecule is Cc1c(C)c(C)c2c(C)c3c(c(C)c2c1C)C(=O)c1c(c(C)c2c(C)c(C)c(C)c(C)c2c1C)C3(F)F.Cc1c(C)c(C)c2c(C)c3c(c(C)c2c1C)C(F)(F)c1c(c(C)c2c(C)c(C)c(C)c(C)c2c1C)C3(F)F. The Bertz CT molecular complexity index is 3680. The highest BCUT2D eigenvalue weighted by molar-refractivity contribution is 6.20. The summed E-state index contributed by atoms with van der Waals surface area (Å²) >= 11 is 0. The summed E-state index contributed by atoms with van der Waals surface area (Å²) < 4.78 is 102. The van der Waals surface area contributed by atoms with Gasteiger partial charge in [0, 0.05) is 44.5 Å². The predicted molar refractivity (Wildman–Crippen MR) is 302 cm³/mol. The molecule has 0 atom stereocenters. The second-order valence-corrected chi connectivity index (χ2v) is 23.1. The highest BCUT2D eigenvalue weighted by Gasteiger charge is 2.57. The third-order valence-electron chi connectivity index (χ3n) is 20.1. The Balaban J connectivity index is 0.000000184. The van der Waals surface area contributed by atoms with Crippen LogP contribution in [0.15, 0.2) is 0 Å². The molecule has 2 aliphatic rings. The molecule has 1 nitrogen and oxygen atoms in total. The molecule has 0 unspecified atom stereocenters. The third-order valence-corrected chi connectivity index (χ3v) is 20.1. The first-order chi connectivity index (χ1) is 34.5. The molecule has 7 heteroatoms. The minimum absolute atomic E-state index is 0.110.